The van der Waals surface area contributed by atoms with Crippen LogP contribution in [0.25, 0.3) is 10.9 Å². The van der Waals surface area contributed by atoms with E-state index >= 15 is 0 Å². The lowest BCUT2D eigenvalue weighted by molar-refractivity contribution is -0.124. The van der Waals surface area contributed by atoms with Crippen LogP contribution >= 0.6 is 0 Å². The number of pyridine rings is 1. The summed E-state index contributed by atoms with van der Waals surface area (Å²) in [5.41, 5.74) is 7.62. The quantitative estimate of drug-likeness (QED) is 0.851. The number of para-hydroxylation sites is 1. The monoisotopic (exact) mass is 270 g/mol. The van der Waals surface area contributed by atoms with Crippen molar-refractivity contribution in [1.29, 1.82) is 0 Å². The van der Waals surface area contributed by atoms with E-state index in [-0.39, 0.29) is 11.9 Å². The number of primary amides is 1. The molecule has 5 heteroatoms. The first kappa shape index (κ1) is 13.0. The van der Waals surface area contributed by atoms with Gasteiger partial charge in [-0.3, -0.25) is 14.7 Å². The minimum Gasteiger partial charge on any atom is -0.368 e. The molecule has 1 fully saturated rings. The molecule has 2 heterocycles. The van der Waals surface area contributed by atoms with Gasteiger partial charge >= 0.3 is 0 Å². The molecule has 3 rings (SSSR count). The Morgan fingerprint density at radius 2 is 2.25 bits per heavy atom. The van der Waals surface area contributed by atoms with E-state index in [1.165, 1.54) is 0 Å². The van der Waals surface area contributed by atoms with Crippen molar-refractivity contribution in [3.05, 3.63) is 42.1 Å². The fourth-order valence-corrected chi connectivity index (χ4v) is 2.73. The molecule has 104 valence electrons. The summed E-state index contributed by atoms with van der Waals surface area (Å²) in [6, 6.07) is 9.88. The summed E-state index contributed by atoms with van der Waals surface area (Å²) >= 11 is 0. The highest BCUT2D eigenvalue weighted by Crippen LogP contribution is 2.19. The van der Waals surface area contributed by atoms with Gasteiger partial charge in [0.05, 0.1) is 5.52 Å². The molecule has 1 aromatic heterocycles. The molecule has 1 amide bonds. The number of fused-ring (bicyclic) bond motifs is 1. The fraction of sp³-hybridized carbons (Fsp3) is 0.333. The first-order valence-electron chi connectivity index (χ1n) is 6.82. The molecule has 0 radical (unpaired) electrons. The van der Waals surface area contributed by atoms with E-state index in [1.54, 1.807) is 6.20 Å². The van der Waals surface area contributed by atoms with Crippen molar-refractivity contribution in [2.75, 3.05) is 19.6 Å². The maximum absolute atomic E-state index is 11.5. The normalized spacial score (nSPS) is 20.1. The molecule has 1 aliphatic rings. The largest absolute Gasteiger partial charge is 0.368 e. The van der Waals surface area contributed by atoms with Crippen LogP contribution in [0.2, 0.25) is 0 Å². The summed E-state index contributed by atoms with van der Waals surface area (Å²) < 4.78 is 0. The average molecular weight is 270 g/mol. The molecule has 1 aromatic carbocycles. The molecule has 1 saturated heterocycles. The number of nitrogens with one attached hydrogen (secondary N) is 1. The number of carbonyl (C=O) groups excluding carboxylic acids is 1. The molecular weight excluding hydrogens is 252 g/mol. The van der Waals surface area contributed by atoms with Crippen LogP contribution in [0.1, 0.15) is 5.56 Å². The predicted molar refractivity (Wildman–Crippen MR) is 78.0 cm³/mol. The maximum atomic E-state index is 11.5. The first-order chi connectivity index (χ1) is 9.75. The minimum absolute atomic E-state index is 0.247. The fourth-order valence-electron chi connectivity index (χ4n) is 2.73. The molecule has 0 spiro atoms. The van der Waals surface area contributed by atoms with Crippen molar-refractivity contribution >= 4 is 16.8 Å². The lowest BCUT2D eigenvalue weighted by Crippen LogP contribution is -2.56. The van der Waals surface area contributed by atoms with Gasteiger partial charge < -0.3 is 11.1 Å². The Morgan fingerprint density at radius 3 is 3.10 bits per heavy atom. The molecule has 0 aliphatic carbocycles. The van der Waals surface area contributed by atoms with Gasteiger partial charge in [0.1, 0.15) is 6.04 Å². The van der Waals surface area contributed by atoms with E-state index in [0.717, 1.165) is 29.6 Å². The second kappa shape index (κ2) is 5.56. The number of rotatable bonds is 3. The van der Waals surface area contributed by atoms with E-state index in [2.05, 4.69) is 33.4 Å². The second-order valence-corrected chi connectivity index (χ2v) is 5.09. The Hall–Kier alpha value is -1.98. The van der Waals surface area contributed by atoms with Crippen molar-refractivity contribution in [3.63, 3.8) is 0 Å². The van der Waals surface area contributed by atoms with Gasteiger partial charge in [-0.25, -0.2) is 0 Å². The summed E-state index contributed by atoms with van der Waals surface area (Å²) in [5, 5.41) is 4.33. The molecule has 1 aliphatic heterocycles. The second-order valence-electron chi connectivity index (χ2n) is 5.09. The van der Waals surface area contributed by atoms with Gasteiger partial charge in [0.2, 0.25) is 5.91 Å². The molecule has 2 aromatic rings. The maximum Gasteiger partial charge on any atom is 0.236 e. The molecule has 3 N–H and O–H groups in total. The number of amides is 1. The van der Waals surface area contributed by atoms with Gasteiger partial charge in [-0.05, 0) is 11.6 Å². The van der Waals surface area contributed by atoms with E-state index in [0.29, 0.717) is 13.1 Å². The number of aromatic nitrogens is 1. The summed E-state index contributed by atoms with van der Waals surface area (Å²) in [5.74, 6) is -0.273. The van der Waals surface area contributed by atoms with Crippen molar-refractivity contribution in [2.24, 2.45) is 5.73 Å². The van der Waals surface area contributed by atoms with Crippen molar-refractivity contribution < 1.29 is 4.79 Å². The number of benzene rings is 1. The molecule has 0 saturated carbocycles. The Balaban J connectivity index is 1.90. The number of carbonyl (C=O) groups is 1. The van der Waals surface area contributed by atoms with Crippen LogP contribution in [-0.4, -0.2) is 41.5 Å². The van der Waals surface area contributed by atoms with Gasteiger partial charge in [0.15, 0.2) is 0 Å². The van der Waals surface area contributed by atoms with E-state index in [4.69, 9.17) is 5.73 Å². The number of nitrogens with zero attached hydrogens (tertiary/aromatic N) is 2. The van der Waals surface area contributed by atoms with E-state index in [1.807, 2.05) is 12.1 Å². The van der Waals surface area contributed by atoms with Crippen LogP contribution in [-0.2, 0) is 11.3 Å². The third kappa shape index (κ3) is 2.50. The Bertz CT molecular complexity index is 623. The lowest BCUT2D eigenvalue weighted by atomic mass is 10.1. The molecule has 5 nitrogen and oxygen atoms in total. The highest BCUT2D eigenvalue weighted by molar-refractivity contribution is 5.82. The summed E-state index contributed by atoms with van der Waals surface area (Å²) in [4.78, 5) is 18.1. The van der Waals surface area contributed by atoms with Gasteiger partial charge in [0, 0.05) is 37.8 Å². The van der Waals surface area contributed by atoms with Crippen LogP contribution < -0.4 is 11.1 Å². The number of piperazine rings is 1. The SMILES string of the molecule is NC(=O)C1CNCCN1Cc1cccc2cccnc12. The van der Waals surface area contributed by atoms with Crippen LogP contribution in [0.15, 0.2) is 36.5 Å². The molecule has 1 atom stereocenters. The van der Waals surface area contributed by atoms with Crippen LogP contribution in [0, 0.1) is 0 Å². The molecule has 20 heavy (non-hydrogen) atoms. The third-order valence-electron chi connectivity index (χ3n) is 3.77. The zero-order valence-corrected chi connectivity index (χ0v) is 11.2. The van der Waals surface area contributed by atoms with E-state index < -0.39 is 0 Å². The third-order valence-corrected chi connectivity index (χ3v) is 3.77. The highest BCUT2D eigenvalue weighted by Gasteiger charge is 2.27. The summed E-state index contributed by atoms with van der Waals surface area (Å²) in [7, 11) is 0. The predicted octanol–water partition coefficient (Wildman–Crippen LogP) is 0.494. The van der Waals surface area contributed by atoms with Crippen LogP contribution in [0.5, 0.6) is 0 Å². The number of hydrogen-bond acceptors (Lipinski definition) is 4. The zero-order valence-electron chi connectivity index (χ0n) is 11.2. The summed E-state index contributed by atoms with van der Waals surface area (Å²) in [6.45, 7) is 3.01. The van der Waals surface area contributed by atoms with E-state index in [9.17, 15) is 4.79 Å². The first-order valence-corrected chi connectivity index (χ1v) is 6.82. The standard InChI is InChI=1S/C15H18N4O/c16-15(20)13-9-17-7-8-19(13)10-12-4-1-3-11-5-2-6-18-14(11)12/h1-6,13,17H,7-10H2,(H2,16,20). The zero-order chi connectivity index (χ0) is 13.9. The Kier molecular flexibility index (Phi) is 3.62. The topological polar surface area (TPSA) is 71.2 Å². The van der Waals surface area contributed by atoms with Crippen LogP contribution in [0.4, 0.5) is 0 Å². The molecule has 0 bridgehead atoms. The summed E-state index contributed by atoms with van der Waals surface area (Å²) in [6.07, 6.45) is 1.80. The lowest BCUT2D eigenvalue weighted by Gasteiger charge is -2.34. The van der Waals surface area contributed by atoms with Crippen molar-refractivity contribution in [2.45, 2.75) is 12.6 Å². The van der Waals surface area contributed by atoms with Gasteiger partial charge in [-0.1, -0.05) is 24.3 Å². The van der Waals surface area contributed by atoms with Gasteiger partial charge in [-0.2, -0.15) is 0 Å². The highest BCUT2D eigenvalue weighted by atomic mass is 16.1. The number of nitrogens with two attached hydrogens (primary N) is 1. The number of hydrogen-bond donors (Lipinski definition) is 2. The van der Waals surface area contributed by atoms with Crippen LogP contribution in [0.3, 0.4) is 0 Å². The Morgan fingerprint density at radius 1 is 1.40 bits per heavy atom. The molecule has 1 unspecified atom stereocenters. The van der Waals surface area contributed by atoms with Crippen molar-refractivity contribution in [3.8, 4) is 0 Å². The minimum atomic E-state index is -0.273. The van der Waals surface area contributed by atoms with Crippen molar-refractivity contribution in [1.82, 2.24) is 15.2 Å². The smallest absolute Gasteiger partial charge is 0.236 e. The Labute approximate surface area is 117 Å². The van der Waals surface area contributed by atoms with Gasteiger partial charge in [0.25, 0.3) is 0 Å². The molecular formula is C15H18N4O. The average Bonchev–Trinajstić information content (AvgIpc) is 2.48. The van der Waals surface area contributed by atoms with Gasteiger partial charge in [-0.15, -0.1) is 0 Å².